The second-order valence-electron chi connectivity index (χ2n) is 4.28. The van der Waals surface area contributed by atoms with Crippen LogP contribution in [0.5, 0.6) is 0 Å². The van der Waals surface area contributed by atoms with E-state index in [4.69, 9.17) is 19.0 Å². The Balaban J connectivity index is 2.14. The van der Waals surface area contributed by atoms with Crippen LogP contribution in [0.3, 0.4) is 0 Å². The molecular weight excluding hydrogens is 212 g/mol. The summed E-state index contributed by atoms with van der Waals surface area (Å²) < 4.78 is 16.1. The zero-order valence-electron chi connectivity index (χ0n) is 9.29. The van der Waals surface area contributed by atoms with Gasteiger partial charge in [0.25, 0.3) is 0 Å². The number of furan rings is 1. The minimum atomic E-state index is -0.936. The largest absolute Gasteiger partial charge is 0.466 e. The fraction of sp³-hybridized carbons (Fsp3) is 0.636. The number of hydrogen-bond acceptors (Lipinski definition) is 5. The molecule has 1 aliphatic heterocycles. The maximum Gasteiger partial charge on any atom is 0.164 e. The number of aliphatic hydroxyl groups is 2. The van der Waals surface area contributed by atoms with E-state index < -0.39 is 24.1 Å². The van der Waals surface area contributed by atoms with Gasteiger partial charge in [0, 0.05) is 0 Å². The first-order valence-electron chi connectivity index (χ1n) is 5.21. The normalized spacial score (nSPS) is 30.5. The number of hydrogen-bond donors (Lipinski definition) is 2. The van der Waals surface area contributed by atoms with Gasteiger partial charge < -0.3 is 24.1 Å². The van der Waals surface area contributed by atoms with E-state index in [-0.39, 0.29) is 6.61 Å². The van der Waals surface area contributed by atoms with E-state index in [9.17, 15) is 5.11 Å². The van der Waals surface area contributed by atoms with Crippen molar-refractivity contribution < 1.29 is 24.1 Å². The molecule has 0 radical (unpaired) electrons. The van der Waals surface area contributed by atoms with Crippen molar-refractivity contribution in [2.75, 3.05) is 6.61 Å². The van der Waals surface area contributed by atoms with Crippen molar-refractivity contribution in [2.45, 2.75) is 37.9 Å². The molecular formula is C11H16O5. The molecule has 1 aromatic heterocycles. The highest BCUT2D eigenvalue weighted by Gasteiger charge is 2.45. The van der Waals surface area contributed by atoms with Gasteiger partial charge in [-0.2, -0.15) is 0 Å². The molecule has 0 unspecified atom stereocenters. The van der Waals surface area contributed by atoms with Gasteiger partial charge in [-0.25, -0.2) is 0 Å². The molecule has 2 rings (SSSR count). The second-order valence-corrected chi connectivity index (χ2v) is 4.28. The summed E-state index contributed by atoms with van der Waals surface area (Å²) in [6.45, 7) is 3.28. The molecule has 2 heterocycles. The van der Waals surface area contributed by atoms with E-state index >= 15 is 0 Å². The fourth-order valence-electron chi connectivity index (χ4n) is 1.89. The van der Waals surface area contributed by atoms with E-state index in [0.29, 0.717) is 5.76 Å². The molecule has 16 heavy (non-hydrogen) atoms. The van der Waals surface area contributed by atoms with Gasteiger partial charge in [-0.1, -0.05) is 0 Å². The van der Waals surface area contributed by atoms with Crippen LogP contribution in [0.4, 0.5) is 0 Å². The summed E-state index contributed by atoms with van der Waals surface area (Å²) in [5.74, 6) is -0.393. The molecule has 90 valence electrons. The summed E-state index contributed by atoms with van der Waals surface area (Å²) >= 11 is 0. The Bertz CT molecular complexity index is 332. The zero-order chi connectivity index (χ0) is 11.8. The van der Waals surface area contributed by atoms with E-state index in [2.05, 4.69) is 0 Å². The molecule has 5 nitrogen and oxygen atoms in total. The Morgan fingerprint density at radius 3 is 2.75 bits per heavy atom. The standard InChI is InChI=1S/C11H16O5/c1-11(2)15-8(6-12)10(16-11)9(13)7-4-3-5-14-7/h3-5,8-10,12-13H,6H2,1-2H3/t8-,9-,10+/m0/s1. The number of ether oxygens (including phenoxy) is 2. The summed E-state index contributed by atoms with van der Waals surface area (Å²) in [7, 11) is 0. The van der Waals surface area contributed by atoms with Gasteiger partial charge >= 0.3 is 0 Å². The van der Waals surface area contributed by atoms with Crippen molar-refractivity contribution in [1.82, 2.24) is 0 Å². The summed E-state index contributed by atoms with van der Waals surface area (Å²) in [5.41, 5.74) is 0. The monoisotopic (exact) mass is 228 g/mol. The molecule has 0 bridgehead atoms. The maximum absolute atomic E-state index is 10.0. The van der Waals surface area contributed by atoms with E-state index in [1.54, 1.807) is 26.0 Å². The highest BCUT2D eigenvalue weighted by atomic mass is 16.8. The van der Waals surface area contributed by atoms with Crippen molar-refractivity contribution in [3.63, 3.8) is 0 Å². The topological polar surface area (TPSA) is 72.1 Å². The zero-order valence-corrected chi connectivity index (χ0v) is 9.29. The molecule has 5 heteroatoms. The van der Waals surface area contributed by atoms with Crippen molar-refractivity contribution in [3.8, 4) is 0 Å². The molecule has 0 aliphatic carbocycles. The smallest absolute Gasteiger partial charge is 0.164 e. The van der Waals surface area contributed by atoms with Crippen LogP contribution in [0.2, 0.25) is 0 Å². The highest BCUT2D eigenvalue weighted by Crippen LogP contribution is 2.35. The molecule has 3 atom stereocenters. The van der Waals surface area contributed by atoms with Crippen molar-refractivity contribution in [3.05, 3.63) is 24.2 Å². The van der Waals surface area contributed by atoms with Gasteiger partial charge in [0.1, 0.15) is 24.1 Å². The van der Waals surface area contributed by atoms with Gasteiger partial charge in [0.15, 0.2) is 5.79 Å². The first-order valence-corrected chi connectivity index (χ1v) is 5.21. The van der Waals surface area contributed by atoms with Crippen molar-refractivity contribution in [2.24, 2.45) is 0 Å². The van der Waals surface area contributed by atoms with Crippen LogP contribution in [-0.4, -0.2) is 34.8 Å². The van der Waals surface area contributed by atoms with Crippen molar-refractivity contribution in [1.29, 1.82) is 0 Å². The van der Waals surface area contributed by atoms with Gasteiger partial charge in [0.2, 0.25) is 0 Å². The fourth-order valence-corrected chi connectivity index (χ4v) is 1.89. The van der Waals surface area contributed by atoms with Gasteiger partial charge in [0.05, 0.1) is 12.9 Å². The maximum atomic E-state index is 10.0. The summed E-state index contributed by atoms with van der Waals surface area (Å²) in [6.07, 6.45) is -0.622. The van der Waals surface area contributed by atoms with Crippen LogP contribution in [0.15, 0.2) is 22.8 Å². The first kappa shape index (κ1) is 11.6. The summed E-state index contributed by atoms with van der Waals surface area (Å²) in [4.78, 5) is 0. The van der Waals surface area contributed by atoms with E-state index in [1.807, 2.05) is 0 Å². The number of aliphatic hydroxyl groups excluding tert-OH is 2. The highest BCUT2D eigenvalue weighted by molar-refractivity contribution is 5.06. The molecule has 1 fully saturated rings. The quantitative estimate of drug-likeness (QED) is 0.801. The molecule has 0 saturated carbocycles. The summed E-state index contributed by atoms with van der Waals surface area (Å²) in [6, 6.07) is 3.35. The Morgan fingerprint density at radius 2 is 2.19 bits per heavy atom. The molecule has 0 spiro atoms. The predicted molar refractivity (Wildman–Crippen MR) is 54.6 cm³/mol. The minimum Gasteiger partial charge on any atom is -0.466 e. The van der Waals surface area contributed by atoms with E-state index in [1.165, 1.54) is 6.26 Å². The number of rotatable bonds is 3. The lowest BCUT2D eigenvalue weighted by Crippen LogP contribution is -2.32. The molecule has 1 aromatic rings. The molecule has 1 saturated heterocycles. The third-order valence-corrected chi connectivity index (χ3v) is 2.55. The van der Waals surface area contributed by atoms with Crippen molar-refractivity contribution >= 4 is 0 Å². The average molecular weight is 228 g/mol. The third-order valence-electron chi connectivity index (χ3n) is 2.55. The lowest BCUT2D eigenvalue weighted by atomic mass is 10.1. The third kappa shape index (κ3) is 2.12. The molecule has 1 aliphatic rings. The van der Waals surface area contributed by atoms with Gasteiger partial charge in [-0.3, -0.25) is 0 Å². The Kier molecular flexibility index (Phi) is 3.03. The SMILES string of the molecule is CC1(C)O[C@@H]([C@@H](O)c2ccco2)[C@H](CO)O1. The molecule has 0 aromatic carbocycles. The van der Waals surface area contributed by atoms with Gasteiger partial charge in [-0.05, 0) is 26.0 Å². The molecule has 0 amide bonds. The second kappa shape index (κ2) is 4.18. The van der Waals surface area contributed by atoms with Crippen LogP contribution in [0, 0.1) is 0 Å². The first-order chi connectivity index (χ1) is 7.53. The summed E-state index contributed by atoms with van der Waals surface area (Å²) in [5, 5.41) is 19.2. The Morgan fingerprint density at radius 1 is 1.44 bits per heavy atom. The van der Waals surface area contributed by atoms with Gasteiger partial charge in [-0.15, -0.1) is 0 Å². The van der Waals surface area contributed by atoms with Crippen LogP contribution in [0.1, 0.15) is 25.7 Å². The minimum absolute atomic E-state index is 0.203. The van der Waals surface area contributed by atoms with Crippen LogP contribution in [0.25, 0.3) is 0 Å². The van der Waals surface area contributed by atoms with E-state index in [0.717, 1.165) is 0 Å². The Hall–Kier alpha value is -0.880. The lowest BCUT2D eigenvalue weighted by Gasteiger charge is -2.19. The van der Waals surface area contributed by atoms with Crippen LogP contribution in [-0.2, 0) is 9.47 Å². The Labute approximate surface area is 93.6 Å². The predicted octanol–water partition coefficient (Wildman–Crippen LogP) is 0.825. The molecule has 2 N–H and O–H groups in total. The van der Waals surface area contributed by atoms with Crippen LogP contribution >= 0.6 is 0 Å². The van der Waals surface area contributed by atoms with Crippen LogP contribution < -0.4 is 0 Å². The lowest BCUT2D eigenvalue weighted by molar-refractivity contribution is -0.158. The average Bonchev–Trinajstić information content (AvgIpc) is 2.83.